The Morgan fingerprint density at radius 3 is 1.65 bits per heavy atom. The van der Waals surface area contributed by atoms with Gasteiger partial charge in [-0.3, -0.25) is 0 Å². The van der Waals surface area contributed by atoms with Crippen LogP contribution in [0.25, 0.3) is 22.3 Å². The highest BCUT2D eigenvalue weighted by Crippen LogP contribution is 2.35. The Balaban J connectivity index is 1.26. The topological polar surface area (TPSA) is 85.6 Å². The van der Waals surface area contributed by atoms with Gasteiger partial charge in [0.05, 0.1) is 29.4 Å². The lowest BCUT2D eigenvalue weighted by atomic mass is 9.96. The van der Waals surface area contributed by atoms with Gasteiger partial charge in [-0.1, -0.05) is 63.4 Å². The number of carbonyl (C=O) groups excluding carboxylic acids is 2. The molecule has 0 aliphatic heterocycles. The van der Waals surface area contributed by atoms with Crippen LogP contribution in [-0.4, -0.2) is 18.5 Å². The molecule has 0 radical (unpaired) electrons. The van der Waals surface area contributed by atoms with E-state index in [1.807, 2.05) is 88.4 Å². The van der Waals surface area contributed by atoms with Gasteiger partial charge >= 0.3 is 11.9 Å². The zero-order chi connectivity index (χ0) is 36.5. The molecule has 1 atom stereocenters. The van der Waals surface area contributed by atoms with E-state index in [1.165, 1.54) is 12.8 Å². The Hall–Kier alpha value is -5.67. The number of nitriles is 1. The molecular weight excluding hydrogens is 634 g/mol. The molecule has 51 heavy (non-hydrogen) atoms. The van der Waals surface area contributed by atoms with Crippen molar-refractivity contribution in [2.45, 2.75) is 67.2 Å². The van der Waals surface area contributed by atoms with Crippen LogP contribution in [0, 0.1) is 44.9 Å². The molecule has 0 aliphatic rings. The molecule has 260 valence electrons. The molecule has 0 saturated heterocycles. The van der Waals surface area contributed by atoms with Crippen molar-refractivity contribution in [1.29, 1.82) is 5.26 Å². The highest BCUT2D eigenvalue weighted by atomic mass is 16.5. The van der Waals surface area contributed by atoms with Gasteiger partial charge in [0, 0.05) is 0 Å². The fourth-order valence-electron chi connectivity index (χ4n) is 6.22. The Morgan fingerprint density at radius 2 is 1.16 bits per heavy atom. The van der Waals surface area contributed by atoms with Crippen LogP contribution in [0.15, 0.2) is 97.1 Å². The second kappa shape index (κ2) is 16.8. The van der Waals surface area contributed by atoms with E-state index in [2.05, 4.69) is 19.9 Å². The monoisotopic (exact) mass is 679 g/mol. The number of esters is 2. The summed E-state index contributed by atoms with van der Waals surface area (Å²) in [6.45, 7) is 12.7. The summed E-state index contributed by atoms with van der Waals surface area (Å²) in [5.41, 5.74) is 8.65. The molecule has 5 aromatic rings. The SMILES string of the molecule is CCCCC(CC)COc1cccc(C(=O)Oc2c(C)cc(-c3cc(C)c(OC(=O)c4ccc(-c5ccc(C#N)cc5)cc4)c(C)c3)cc2C)c1. The maximum Gasteiger partial charge on any atom is 0.343 e. The van der Waals surface area contributed by atoms with E-state index in [0.717, 1.165) is 57.3 Å². The molecule has 0 amide bonds. The van der Waals surface area contributed by atoms with Crippen molar-refractivity contribution < 1.29 is 23.8 Å². The lowest BCUT2D eigenvalue weighted by Gasteiger charge is -2.17. The van der Waals surface area contributed by atoms with E-state index in [4.69, 9.17) is 19.5 Å². The smallest absolute Gasteiger partial charge is 0.343 e. The van der Waals surface area contributed by atoms with Crippen molar-refractivity contribution in [2.75, 3.05) is 6.61 Å². The third-order valence-corrected chi connectivity index (χ3v) is 9.21. The van der Waals surface area contributed by atoms with E-state index in [1.54, 1.807) is 36.4 Å². The van der Waals surface area contributed by atoms with Crippen molar-refractivity contribution >= 4 is 11.9 Å². The molecule has 0 spiro atoms. The summed E-state index contributed by atoms with van der Waals surface area (Å²) in [5, 5.41) is 9.05. The number of aryl methyl sites for hydroxylation is 4. The lowest BCUT2D eigenvalue weighted by molar-refractivity contribution is 0.0722. The standard InChI is InChI=1S/C45H45NO5/c1-7-9-11-33(8-2)28-49-41-13-10-12-38(26-41)45(48)51-43-31(5)24-40(25-32(43)6)39-22-29(3)42(30(4)23-39)50-44(47)37-20-18-36(19-21-37)35-16-14-34(27-46)15-17-35/h10,12-26,33H,7-9,11,28H2,1-6H3. The van der Waals surface area contributed by atoms with Gasteiger partial charge in [-0.2, -0.15) is 5.26 Å². The molecule has 5 aromatic carbocycles. The molecule has 0 saturated carbocycles. The van der Waals surface area contributed by atoms with Crippen LogP contribution in [0.1, 0.15) is 88.1 Å². The maximum absolute atomic E-state index is 13.3. The molecule has 5 rings (SSSR count). The summed E-state index contributed by atoms with van der Waals surface area (Å²) in [4.78, 5) is 26.4. The number of hydrogen-bond acceptors (Lipinski definition) is 6. The maximum atomic E-state index is 13.3. The molecule has 0 aliphatic carbocycles. The zero-order valence-corrected chi connectivity index (χ0v) is 30.3. The predicted octanol–water partition coefficient (Wildman–Crippen LogP) is 11.2. The van der Waals surface area contributed by atoms with Crippen molar-refractivity contribution in [2.24, 2.45) is 5.92 Å². The van der Waals surface area contributed by atoms with Gasteiger partial charge in [-0.05, 0) is 151 Å². The largest absolute Gasteiger partial charge is 0.493 e. The average molecular weight is 680 g/mol. The van der Waals surface area contributed by atoms with Crippen LogP contribution in [0.2, 0.25) is 0 Å². The minimum absolute atomic E-state index is 0.431. The van der Waals surface area contributed by atoms with Gasteiger partial charge in [0.15, 0.2) is 0 Å². The zero-order valence-electron chi connectivity index (χ0n) is 30.3. The van der Waals surface area contributed by atoms with E-state index in [-0.39, 0.29) is 0 Å². The number of benzene rings is 5. The Labute approximate surface area is 301 Å². The number of ether oxygens (including phenoxy) is 3. The van der Waals surface area contributed by atoms with Gasteiger partial charge in [-0.15, -0.1) is 0 Å². The van der Waals surface area contributed by atoms with Crippen LogP contribution in [-0.2, 0) is 0 Å². The van der Waals surface area contributed by atoms with Crippen molar-refractivity contribution in [1.82, 2.24) is 0 Å². The first kappa shape index (κ1) is 36.6. The Bertz CT molecular complexity index is 2010. The average Bonchev–Trinajstić information content (AvgIpc) is 3.14. The van der Waals surface area contributed by atoms with E-state index < -0.39 is 11.9 Å². The van der Waals surface area contributed by atoms with Gasteiger partial charge in [-0.25, -0.2) is 9.59 Å². The molecule has 0 fully saturated rings. The minimum Gasteiger partial charge on any atom is -0.493 e. The second-order valence-corrected chi connectivity index (χ2v) is 13.2. The summed E-state index contributed by atoms with van der Waals surface area (Å²) >= 11 is 0. The van der Waals surface area contributed by atoms with Crippen LogP contribution in [0.4, 0.5) is 0 Å². The summed E-state index contributed by atoms with van der Waals surface area (Å²) < 4.78 is 17.9. The first-order valence-corrected chi connectivity index (χ1v) is 17.6. The van der Waals surface area contributed by atoms with Crippen LogP contribution < -0.4 is 14.2 Å². The minimum atomic E-state index is -0.438. The lowest BCUT2D eigenvalue weighted by Crippen LogP contribution is -2.13. The number of unbranched alkanes of at least 4 members (excludes halogenated alkanes) is 1. The Morgan fingerprint density at radius 1 is 0.647 bits per heavy atom. The normalized spacial score (nSPS) is 11.4. The van der Waals surface area contributed by atoms with E-state index in [0.29, 0.717) is 46.5 Å². The summed E-state index contributed by atoms with van der Waals surface area (Å²) in [5.74, 6) is 1.35. The van der Waals surface area contributed by atoms with Crippen LogP contribution in [0.3, 0.4) is 0 Å². The molecule has 0 aromatic heterocycles. The molecule has 6 heteroatoms. The van der Waals surface area contributed by atoms with Crippen LogP contribution >= 0.6 is 0 Å². The molecule has 0 N–H and O–H groups in total. The third-order valence-electron chi connectivity index (χ3n) is 9.21. The second-order valence-electron chi connectivity index (χ2n) is 13.2. The highest BCUT2D eigenvalue weighted by Gasteiger charge is 2.18. The molecular formula is C45H45NO5. The predicted molar refractivity (Wildman–Crippen MR) is 203 cm³/mol. The summed E-state index contributed by atoms with van der Waals surface area (Å²) in [7, 11) is 0. The first-order chi connectivity index (χ1) is 24.6. The van der Waals surface area contributed by atoms with Crippen LogP contribution in [0.5, 0.6) is 17.2 Å². The summed E-state index contributed by atoms with van der Waals surface area (Å²) in [6.07, 6.45) is 4.55. The quantitative estimate of drug-likeness (QED) is 0.0909. The van der Waals surface area contributed by atoms with Gasteiger partial charge in [0.1, 0.15) is 17.2 Å². The number of carbonyl (C=O) groups is 2. The molecule has 6 nitrogen and oxygen atoms in total. The molecule has 1 unspecified atom stereocenters. The van der Waals surface area contributed by atoms with Crippen molar-refractivity contribution in [3.05, 3.63) is 136 Å². The molecule has 0 bridgehead atoms. The van der Waals surface area contributed by atoms with E-state index in [9.17, 15) is 9.59 Å². The summed E-state index contributed by atoms with van der Waals surface area (Å²) in [6, 6.07) is 31.9. The fourth-order valence-corrected chi connectivity index (χ4v) is 6.22. The van der Waals surface area contributed by atoms with Crippen molar-refractivity contribution in [3.8, 4) is 45.6 Å². The first-order valence-electron chi connectivity index (χ1n) is 17.6. The Kier molecular flexibility index (Phi) is 12.1. The highest BCUT2D eigenvalue weighted by molar-refractivity contribution is 5.93. The van der Waals surface area contributed by atoms with Gasteiger partial charge in [0.2, 0.25) is 0 Å². The number of hydrogen-bond donors (Lipinski definition) is 0. The van der Waals surface area contributed by atoms with Gasteiger partial charge < -0.3 is 14.2 Å². The molecule has 0 heterocycles. The number of rotatable bonds is 13. The third kappa shape index (κ3) is 9.12. The van der Waals surface area contributed by atoms with E-state index >= 15 is 0 Å². The van der Waals surface area contributed by atoms with Gasteiger partial charge in [0.25, 0.3) is 0 Å². The fraction of sp³-hybridized carbons (Fsp3) is 0.267. The van der Waals surface area contributed by atoms with Crippen molar-refractivity contribution in [3.63, 3.8) is 0 Å². The number of nitrogens with zero attached hydrogens (tertiary/aromatic N) is 1.